The lowest BCUT2D eigenvalue weighted by molar-refractivity contribution is -0.131. The summed E-state index contributed by atoms with van der Waals surface area (Å²) < 4.78 is 7.03. The number of benzene rings is 2. The highest BCUT2D eigenvalue weighted by Crippen LogP contribution is 2.40. The summed E-state index contributed by atoms with van der Waals surface area (Å²) >= 11 is 1.29. The molecule has 166 valence electrons. The molecule has 0 spiro atoms. The molecule has 0 unspecified atom stereocenters. The summed E-state index contributed by atoms with van der Waals surface area (Å²) in [6.07, 6.45) is 2.22. The van der Waals surface area contributed by atoms with Crippen molar-refractivity contribution in [1.29, 1.82) is 0 Å². The van der Waals surface area contributed by atoms with Crippen molar-refractivity contribution in [2.45, 2.75) is 23.9 Å². The van der Waals surface area contributed by atoms with Gasteiger partial charge in [-0.2, -0.15) is 0 Å². The van der Waals surface area contributed by atoms with Crippen molar-refractivity contribution in [3.63, 3.8) is 0 Å². The van der Waals surface area contributed by atoms with Crippen LogP contribution in [0.1, 0.15) is 24.6 Å². The number of nitrogens with one attached hydrogen (secondary N) is 1. The molecule has 1 heterocycles. The Morgan fingerprint density at radius 3 is 2.69 bits per heavy atom. The summed E-state index contributed by atoms with van der Waals surface area (Å²) in [5.74, 6) is 1.73. The molecule has 1 N–H and O–H groups in total. The zero-order valence-corrected chi connectivity index (χ0v) is 18.8. The van der Waals surface area contributed by atoms with Gasteiger partial charge in [0.2, 0.25) is 17.0 Å². The van der Waals surface area contributed by atoms with Gasteiger partial charge in [0.05, 0.1) is 25.1 Å². The van der Waals surface area contributed by atoms with Gasteiger partial charge in [-0.15, -0.1) is 5.10 Å². The molecule has 32 heavy (non-hydrogen) atoms. The van der Waals surface area contributed by atoms with Crippen LogP contribution in [0.3, 0.4) is 0 Å². The van der Waals surface area contributed by atoms with Crippen LogP contribution in [-0.4, -0.2) is 57.9 Å². The summed E-state index contributed by atoms with van der Waals surface area (Å²) in [6.45, 7) is -0.0458. The molecule has 2 aromatic carbocycles. The Labute approximate surface area is 191 Å². The summed E-state index contributed by atoms with van der Waals surface area (Å²) in [7, 11) is 3.18. The highest BCUT2D eigenvalue weighted by atomic mass is 32.2. The van der Waals surface area contributed by atoms with Gasteiger partial charge in [-0.25, -0.2) is 9.67 Å². The molecule has 0 radical (unpaired) electrons. The standard InChI is InChI=1S/C23H25N5O3S/c1-27(14-20(29)24-17-7-6-10-19(13-17)31-2)21(30)15-32-23-25-22(16-11-12-16)28(26-23)18-8-4-3-5-9-18/h3-10,13,16H,11-12,14-15H2,1-2H3,(H,24,29). The molecule has 1 saturated carbocycles. The van der Waals surface area contributed by atoms with Crippen molar-refractivity contribution in [3.8, 4) is 11.4 Å². The van der Waals surface area contributed by atoms with Crippen LogP contribution in [0.4, 0.5) is 5.69 Å². The average Bonchev–Trinajstić information content (AvgIpc) is 3.57. The van der Waals surface area contributed by atoms with Crippen molar-refractivity contribution >= 4 is 29.3 Å². The van der Waals surface area contributed by atoms with Gasteiger partial charge in [-0.1, -0.05) is 36.0 Å². The zero-order valence-electron chi connectivity index (χ0n) is 18.0. The molecule has 1 aliphatic rings. The monoisotopic (exact) mass is 451 g/mol. The van der Waals surface area contributed by atoms with Crippen LogP contribution in [-0.2, 0) is 9.59 Å². The first-order chi connectivity index (χ1) is 15.5. The maximum Gasteiger partial charge on any atom is 0.243 e. The SMILES string of the molecule is COc1cccc(NC(=O)CN(C)C(=O)CSc2nc(C3CC3)n(-c3ccccc3)n2)c1. The minimum absolute atomic E-state index is 0.0458. The van der Waals surface area contributed by atoms with Gasteiger partial charge in [0, 0.05) is 24.7 Å². The first kappa shape index (κ1) is 21.9. The minimum atomic E-state index is -0.276. The van der Waals surface area contributed by atoms with Gasteiger partial charge < -0.3 is 15.0 Å². The third-order valence-electron chi connectivity index (χ3n) is 5.04. The van der Waals surface area contributed by atoms with Crippen molar-refractivity contribution in [3.05, 3.63) is 60.4 Å². The predicted octanol–water partition coefficient (Wildman–Crippen LogP) is 3.34. The quantitative estimate of drug-likeness (QED) is 0.502. The highest BCUT2D eigenvalue weighted by molar-refractivity contribution is 7.99. The van der Waals surface area contributed by atoms with Gasteiger partial charge in [0.1, 0.15) is 11.6 Å². The van der Waals surface area contributed by atoms with E-state index in [2.05, 4.69) is 15.4 Å². The molecule has 0 saturated heterocycles. The lowest BCUT2D eigenvalue weighted by atomic mass is 10.3. The number of hydrogen-bond acceptors (Lipinski definition) is 6. The van der Waals surface area contributed by atoms with E-state index in [1.165, 1.54) is 16.7 Å². The number of nitrogens with zero attached hydrogens (tertiary/aromatic N) is 4. The van der Waals surface area contributed by atoms with Crippen LogP contribution in [0.5, 0.6) is 5.75 Å². The van der Waals surface area contributed by atoms with E-state index in [0.717, 1.165) is 24.4 Å². The Morgan fingerprint density at radius 2 is 1.97 bits per heavy atom. The van der Waals surface area contributed by atoms with Crippen LogP contribution < -0.4 is 10.1 Å². The number of amides is 2. The Hall–Kier alpha value is -3.33. The van der Waals surface area contributed by atoms with Crippen LogP contribution >= 0.6 is 11.8 Å². The van der Waals surface area contributed by atoms with Gasteiger partial charge in [0.15, 0.2) is 0 Å². The summed E-state index contributed by atoms with van der Waals surface area (Å²) in [4.78, 5) is 30.9. The van der Waals surface area contributed by atoms with Crippen molar-refractivity contribution < 1.29 is 14.3 Å². The number of anilines is 1. The van der Waals surface area contributed by atoms with E-state index in [0.29, 0.717) is 22.5 Å². The first-order valence-corrected chi connectivity index (χ1v) is 11.3. The lowest BCUT2D eigenvalue weighted by Gasteiger charge is -2.16. The van der Waals surface area contributed by atoms with E-state index in [9.17, 15) is 9.59 Å². The maximum absolute atomic E-state index is 12.6. The number of hydrogen-bond donors (Lipinski definition) is 1. The molecule has 9 heteroatoms. The number of rotatable bonds is 9. The first-order valence-electron chi connectivity index (χ1n) is 10.4. The fourth-order valence-corrected chi connectivity index (χ4v) is 3.94. The lowest BCUT2D eigenvalue weighted by Crippen LogP contribution is -2.35. The number of para-hydroxylation sites is 1. The molecular formula is C23H25N5O3S. The fourth-order valence-electron chi connectivity index (χ4n) is 3.17. The second-order valence-corrected chi connectivity index (χ2v) is 8.54. The second kappa shape index (κ2) is 9.86. The second-order valence-electron chi connectivity index (χ2n) is 7.59. The predicted molar refractivity (Wildman–Crippen MR) is 123 cm³/mol. The fraction of sp³-hybridized carbons (Fsp3) is 0.304. The molecular weight excluding hydrogens is 426 g/mol. The van der Waals surface area contributed by atoms with Gasteiger partial charge >= 0.3 is 0 Å². The number of ether oxygens (including phenoxy) is 1. The maximum atomic E-state index is 12.6. The Balaban J connectivity index is 1.32. The van der Waals surface area contributed by atoms with Crippen LogP contribution in [0.15, 0.2) is 59.8 Å². The van der Waals surface area contributed by atoms with Crippen molar-refractivity contribution in [2.75, 3.05) is 31.8 Å². The third kappa shape index (κ3) is 5.47. The van der Waals surface area contributed by atoms with Crippen LogP contribution in [0.25, 0.3) is 5.69 Å². The number of methoxy groups -OCH3 is 1. The molecule has 8 nitrogen and oxygen atoms in total. The van der Waals surface area contributed by atoms with Crippen LogP contribution in [0.2, 0.25) is 0 Å². The van der Waals surface area contributed by atoms with E-state index in [1.807, 2.05) is 35.0 Å². The van der Waals surface area contributed by atoms with E-state index >= 15 is 0 Å². The van der Waals surface area contributed by atoms with E-state index in [4.69, 9.17) is 4.74 Å². The normalized spacial score (nSPS) is 12.9. The van der Waals surface area contributed by atoms with Crippen LogP contribution in [0, 0.1) is 0 Å². The van der Waals surface area contributed by atoms with Crippen molar-refractivity contribution in [1.82, 2.24) is 19.7 Å². The average molecular weight is 452 g/mol. The molecule has 0 bridgehead atoms. The number of likely N-dealkylation sites (N-methyl/N-ethyl adjacent to an activating group) is 1. The number of carbonyl (C=O) groups is 2. The van der Waals surface area contributed by atoms with E-state index < -0.39 is 0 Å². The van der Waals surface area contributed by atoms with Gasteiger partial charge in [0.25, 0.3) is 0 Å². The molecule has 3 aromatic rings. The molecule has 1 aliphatic carbocycles. The topological polar surface area (TPSA) is 89.4 Å². The number of thioether (sulfide) groups is 1. The molecule has 2 amide bonds. The molecule has 4 rings (SSSR count). The van der Waals surface area contributed by atoms with Gasteiger partial charge in [-0.05, 0) is 37.1 Å². The largest absolute Gasteiger partial charge is 0.497 e. The Bertz CT molecular complexity index is 1100. The summed E-state index contributed by atoms with van der Waals surface area (Å²) in [6, 6.07) is 17.0. The van der Waals surface area contributed by atoms with E-state index in [1.54, 1.807) is 38.4 Å². The zero-order chi connectivity index (χ0) is 22.5. The smallest absolute Gasteiger partial charge is 0.243 e. The Kier molecular flexibility index (Phi) is 6.75. The van der Waals surface area contributed by atoms with Gasteiger partial charge in [-0.3, -0.25) is 9.59 Å². The summed E-state index contributed by atoms with van der Waals surface area (Å²) in [5, 5.41) is 7.96. The number of aromatic nitrogens is 3. The molecule has 0 aliphatic heterocycles. The number of carbonyl (C=O) groups excluding carboxylic acids is 2. The summed E-state index contributed by atoms with van der Waals surface area (Å²) in [5.41, 5.74) is 1.58. The van der Waals surface area contributed by atoms with Crippen molar-refractivity contribution in [2.24, 2.45) is 0 Å². The van der Waals surface area contributed by atoms with E-state index in [-0.39, 0.29) is 24.1 Å². The Morgan fingerprint density at radius 1 is 1.19 bits per heavy atom. The minimum Gasteiger partial charge on any atom is -0.497 e. The third-order valence-corrected chi connectivity index (χ3v) is 5.86. The molecule has 1 aromatic heterocycles. The highest BCUT2D eigenvalue weighted by Gasteiger charge is 2.30. The molecule has 0 atom stereocenters. The molecule has 1 fully saturated rings.